The Morgan fingerprint density at radius 2 is 1.73 bits per heavy atom. The van der Waals surface area contributed by atoms with Gasteiger partial charge in [0.05, 0.1) is 0 Å². The van der Waals surface area contributed by atoms with Gasteiger partial charge in [0.25, 0.3) is 5.91 Å². The molecule has 1 aliphatic rings. The summed E-state index contributed by atoms with van der Waals surface area (Å²) < 4.78 is 40.7. The third-order valence-electron chi connectivity index (χ3n) is 3.92. The molecular formula is C18H15F3N2O3. The molecule has 3 rings (SSSR count). The number of carbonyl (C=O) groups is 2. The molecule has 26 heavy (non-hydrogen) atoms. The Morgan fingerprint density at radius 3 is 2.35 bits per heavy atom. The standard InChI is InChI=1S/C18H15F3N2O3/c19-18(20,21)26-14-8-6-12(7-9-14)15-16(24)22-10-11-23(15)17(25)13-4-2-1-3-5-13/h1-9,15H,10-11H2,(H,22,24)/t15-/m0/s1. The Labute approximate surface area is 147 Å². The van der Waals surface area contributed by atoms with Crippen LogP contribution in [0.5, 0.6) is 5.75 Å². The van der Waals surface area contributed by atoms with E-state index in [0.717, 1.165) is 12.1 Å². The van der Waals surface area contributed by atoms with Crippen LogP contribution in [0.15, 0.2) is 54.6 Å². The van der Waals surface area contributed by atoms with Crippen LogP contribution >= 0.6 is 0 Å². The van der Waals surface area contributed by atoms with E-state index in [9.17, 15) is 22.8 Å². The molecule has 0 unspecified atom stereocenters. The second kappa shape index (κ2) is 7.07. The van der Waals surface area contributed by atoms with Crippen molar-refractivity contribution < 1.29 is 27.5 Å². The molecular weight excluding hydrogens is 349 g/mol. The highest BCUT2D eigenvalue weighted by atomic mass is 19.4. The van der Waals surface area contributed by atoms with Gasteiger partial charge in [-0.05, 0) is 29.8 Å². The van der Waals surface area contributed by atoms with E-state index in [0.29, 0.717) is 24.2 Å². The number of amides is 2. The number of rotatable bonds is 3. The van der Waals surface area contributed by atoms with Crippen LogP contribution in [0.1, 0.15) is 22.0 Å². The van der Waals surface area contributed by atoms with Crippen LogP contribution in [-0.4, -0.2) is 36.2 Å². The predicted molar refractivity (Wildman–Crippen MR) is 86.4 cm³/mol. The molecule has 0 bridgehead atoms. The van der Waals surface area contributed by atoms with E-state index in [-0.39, 0.29) is 11.8 Å². The summed E-state index contributed by atoms with van der Waals surface area (Å²) in [4.78, 5) is 26.5. The van der Waals surface area contributed by atoms with Gasteiger partial charge in [0.15, 0.2) is 0 Å². The van der Waals surface area contributed by atoms with E-state index in [1.54, 1.807) is 30.3 Å². The minimum atomic E-state index is -4.79. The number of carbonyl (C=O) groups excluding carboxylic acids is 2. The molecule has 2 aromatic rings. The summed E-state index contributed by atoms with van der Waals surface area (Å²) in [6, 6.07) is 12.5. The number of nitrogens with zero attached hydrogens (tertiary/aromatic N) is 1. The van der Waals surface area contributed by atoms with Gasteiger partial charge >= 0.3 is 6.36 Å². The molecule has 2 amide bonds. The molecule has 2 aromatic carbocycles. The van der Waals surface area contributed by atoms with Gasteiger partial charge in [-0.2, -0.15) is 0 Å². The van der Waals surface area contributed by atoms with Gasteiger partial charge < -0.3 is 15.0 Å². The second-order valence-corrected chi connectivity index (χ2v) is 5.67. The van der Waals surface area contributed by atoms with E-state index in [4.69, 9.17) is 0 Å². The van der Waals surface area contributed by atoms with Crippen molar-refractivity contribution in [1.29, 1.82) is 0 Å². The lowest BCUT2D eigenvalue weighted by molar-refractivity contribution is -0.274. The van der Waals surface area contributed by atoms with Crippen LogP contribution in [0.3, 0.4) is 0 Å². The number of hydrogen-bond donors (Lipinski definition) is 1. The molecule has 1 aliphatic heterocycles. The van der Waals surface area contributed by atoms with Crippen LogP contribution in [0, 0.1) is 0 Å². The van der Waals surface area contributed by atoms with Crippen molar-refractivity contribution in [2.45, 2.75) is 12.4 Å². The third kappa shape index (κ3) is 3.96. The number of ether oxygens (including phenoxy) is 1. The van der Waals surface area contributed by atoms with E-state index in [1.807, 2.05) is 0 Å². The predicted octanol–water partition coefficient (Wildman–Crippen LogP) is 2.90. The van der Waals surface area contributed by atoms with Gasteiger partial charge in [-0.3, -0.25) is 9.59 Å². The summed E-state index contributed by atoms with van der Waals surface area (Å²) >= 11 is 0. The van der Waals surface area contributed by atoms with Gasteiger partial charge in [-0.25, -0.2) is 0 Å². The fourth-order valence-corrected chi connectivity index (χ4v) is 2.82. The minimum absolute atomic E-state index is 0.297. The first-order valence-corrected chi connectivity index (χ1v) is 7.84. The molecule has 136 valence electrons. The lowest BCUT2D eigenvalue weighted by Crippen LogP contribution is -2.52. The number of alkyl halides is 3. The van der Waals surface area contributed by atoms with Crippen LogP contribution < -0.4 is 10.1 Å². The fraction of sp³-hybridized carbons (Fsp3) is 0.222. The van der Waals surface area contributed by atoms with Gasteiger partial charge in [-0.15, -0.1) is 13.2 Å². The van der Waals surface area contributed by atoms with Crippen LogP contribution in [0.2, 0.25) is 0 Å². The molecule has 1 heterocycles. The zero-order chi connectivity index (χ0) is 18.7. The summed E-state index contributed by atoms with van der Waals surface area (Å²) in [5.41, 5.74) is 0.838. The maximum absolute atomic E-state index is 12.8. The van der Waals surface area contributed by atoms with E-state index in [1.165, 1.54) is 17.0 Å². The topological polar surface area (TPSA) is 58.6 Å². The van der Waals surface area contributed by atoms with Gasteiger partial charge in [0, 0.05) is 18.7 Å². The minimum Gasteiger partial charge on any atom is -0.406 e. The summed E-state index contributed by atoms with van der Waals surface area (Å²) in [6.07, 6.45) is -4.79. The van der Waals surface area contributed by atoms with Crippen molar-refractivity contribution in [3.63, 3.8) is 0 Å². The van der Waals surface area contributed by atoms with Gasteiger partial charge in [-0.1, -0.05) is 30.3 Å². The summed E-state index contributed by atoms with van der Waals surface area (Å²) in [6.45, 7) is 0.605. The Hall–Kier alpha value is -3.03. The number of halogens is 3. The highest BCUT2D eigenvalue weighted by Crippen LogP contribution is 2.28. The zero-order valence-electron chi connectivity index (χ0n) is 13.5. The number of nitrogens with one attached hydrogen (secondary N) is 1. The largest absolute Gasteiger partial charge is 0.573 e. The first-order valence-electron chi connectivity index (χ1n) is 7.84. The maximum atomic E-state index is 12.8. The Balaban J connectivity index is 1.87. The Kier molecular flexibility index (Phi) is 4.83. The lowest BCUT2D eigenvalue weighted by atomic mass is 10.0. The van der Waals surface area contributed by atoms with Crippen molar-refractivity contribution in [1.82, 2.24) is 10.2 Å². The van der Waals surface area contributed by atoms with E-state index < -0.39 is 18.2 Å². The van der Waals surface area contributed by atoms with Crippen molar-refractivity contribution in [3.8, 4) is 5.75 Å². The van der Waals surface area contributed by atoms with Crippen LogP contribution in [0.4, 0.5) is 13.2 Å². The number of piperazine rings is 1. The molecule has 1 atom stereocenters. The molecule has 1 N–H and O–H groups in total. The van der Waals surface area contributed by atoms with Crippen molar-refractivity contribution >= 4 is 11.8 Å². The molecule has 1 fully saturated rings. The average Bonchev–Trinajstić information content (AvgIpc) is 2.61. The molecule has 0 aromatic heterocycles. The van der Waals surface area contributed by atoms with Crippen molar-refractivity contribution in [2.75, 3.05) is 13.1 Å². The normalized spacial score (nSPS) is 17.6. The van der Waals surface area contributed by atoms with E-state index in [2.05, 4.69) is 10.1 Å². The van der Waals surface area contributed by atoms with Crippen LogP contribution in [-0.2, 0) is 4.79 Å². The Bertz CT molecular complexity index is 792. The SMILES string of the molecule is O=C1NCCN(C(=O)c2ccccc2)[C@H]1c1ccc(OC(F)(F)F)cc1. The monoisotopic (exact) mass is 364 g/mol. The average molecular weight is 364 g/mol. The van der Waals surface area contributed by atoms with Gasteiger partial charge in [0.2, 0.25) is 5.91 Å². The molecule has 8 heteroatoms. The van der Waals surface area contributed by atoms with Crippen LogP contribution in [0.25, 0.3) is 0 Å². The number of hydrogen-bond acceptors (Lipinski definition) is 3. The smallest absolute Gasteiger partial charge is 0.406 e. The zero-order valence-corrected chi connectivity index (χ0v) is 13.5. The maximum Gasteiger partial charge on any atom is 0.573 e. The highest BCUT2D eigenvalue weighted by molar-refractivity contribution is 5.98. The fourth-order valence-electron chi connectivity index (χ4n) is 2.82. The van der Waals surface area contributed by atoms with Crippen molar-refractivity contribution in [3.05, 3.63) is 65.7 Å². The van der Waals surface area contributed by atoms with Gasteiger partial charge in [0.1, 0.15) is 11.8 Å². The quantitative estimate of drug-likeness (QED) is 0.911. The second-order valence-electron chi connectivity index (χ2n) is 5.67. The lowest BCUT2D eigenvalue weighted by Gasteiger charge is -2.35. The highest BCUT2D eigenvalue weighted by Gasteiger charge is 2.35. The molecule has 0 saturated carbocycles. The van der Waals surface area contributed by atoms with E-state index >= 15 is 0 Å². The molecule has 0 radical (unpaired) electrons. The third-order valence-corrected chi connectivity index (χ3v) is 3.92. The molecule has 0 spiro atoms. The first kappa shape index (κ1) is 17.8. The Morgan fingerprint density at radius 1 is 1.08 bits per heavy atom. The molecule has 5 nitrogen and oxygen atoms in total. The molecule has 0 aliphatic carbocycles. The van der Waals surface area contributed by atoms with Crippen molar-refractivity contribution in [2.24, 2.45) is 0 Å². The molecule has 1 saturated heterocycles. The summed E-state index contributed by atoms with van der Waals surface area (Å²) in [5.74, 6) is -1.09. The number of benzene rings is 2. The summed E-state index contributed by atoms with van der Waals surface area (Å²) in [7, 11) is 0. The first-order chi connectivity index (χ1) is 12.3. The summed E-state index contributed by atoms with van der Waals surface area (Å²) in [5, 5.41) is 2.68.